The van der Waals surface area contributed by atoms with Crippen LogP contribution in [0.5, 0.6) is 0 Å². The smallest absolute Gasteiger partial charge is 0.284 e. The van der Waals surface area contributed by atoms with Gasteiger partial charge < -0.3 is 10.1 Å². The third-order valence-corrected chi connectivity index (χ3v) is 1.68. The number of hydrogen-bond donors (Lipinski definition) is 1. The summed E-state index contributed by atoms with van der Waals surface area (Å²) in [6.45, 7) is 5.87. The molecule has 0 fully saturated rings. The predicted molar refractivity (Wildman–Crippen MR) is 45.8 cm³/mol. The van der Waals surface area contributed by atoms with Crippen molar-refractivity contribution in [2.45, 2.75) is 32.7 Å². The molecule has 0 aromatic rings. The van der Waals surface area contributed by atoms with Crippen LogP contribution in [0.25, 0.3) is 0 Å². The Balaban J connectivity index is 2.18. The fourth-order valence-corrected chi connectivity index (χ4v) is 1.14. The molecule has 1 aliphatic heterocycles. The van der Waals surface area contributed by atoms with Gasteiger partial charge >= 0.3 is 0 Å². The van der Waals surface area contributed by atoms with Gasteiger partial charge in [0, 0.05) is 6.04 Å². The number of hydrogen-bond acceptors (Lipinski definition) is 3. The second-order valence-electron chi connectivity index (χ2n) is 2.87. The molecular formula is C8H16N2O. The molecule has 1 unspecified atom stereocenters. The zero-order valence-electron chi connectivity index (χ0n) is 7.26. The first-order chi connectivity index (χ1) is 5.33. The summed E-state index contributed by atoms with van der Waals surface area (Å²) >= 11 is 0. The molecule has 0 saturated carbocycles. The van der Waals surface area contributed by atoms with E-state index in [1.807, 2.05) is 0 Å². The van der Waals surface area contributed by atoms with E-state index in [9.17, 15) is 0 Å². The highest BCUT2D eigenvalue weighted by molar-refractivity contribution is 5.74. The molecule has 64 valence electrons. The Bertz CT molecular complexity index is 145. The highest BCUT2D eigenvalue weighted by Gasteiger charge is 2.08. The minimum atomic E-state index is 0.483. The van der Waals surface area contributed by atoms with E-state index in [1.165, 1.54) is 12.8 Å². The van der Waals surface area contributed by atoms with Gasteiger partial charge in [0.25, 0.3) is 6.02 Å². The summed E-state index contributed by atoms with van der Waals surface area (Å²) in [6.07, 6.45) is 2.36. The van der Waals surface area contributed by atoms with Crippen LogP contribution in [0.15, 0.2) is 4.99 Å². The topological polar surface area (TPSA) is 33.6 Å². The van der Waals surface area contributed by atoms with Crippen LogP contribution < -0.4 is 5.32 Å². The minimum Gasteiger partial charge on any atom is -0.463 e. The van der Waals surface area contributed by atoms with Crippen LogP contribution in [0.2, 0.25) is 0 Å². The van der Waals surface area contributed by atoms with Crippen LogP contribution in [0.3, 0.4) is 0 Å². The summed E-state index contributed by atoms with van der Waals surface area (Å²) in [7, 11) is 0. The highest BCUT2D eigenvalue weighted by Crippen LogP contribution is 1.97. The van der Waals surface area contributed by atoms with Gasteiger partial charge in [-0.15, -0.1) is 0 Å². The van der Waals surface area contributed by atoms with Crippen molar-refractivity contribution in [1.82, 2.24) is 5.32 Å². The molecule has 11 heavy (non-hydrogen) atoms. The first kappa shape index (κ1) is 8.37. The minimum absolute atomic E-state index is 0.483. The first-order valence-corrected chi connectivity index (χ1v) is 4.26. The zero-order valence-corrected chi connectivity index (χ0v) is 7.26. The number of aliphatic imine (C=N–C) groups is 1. The van der Waals surface area contributed by atoms with Crippen molar-refractivity contribution in [2.24, 2.45) is 4.99 Å². The molecular weight excluding hydrogens is 140 g/mol. The van der Waals surface area contributed by atoms with Crippen molar-refractivity contribution < 1.29 is 4.74 Å². The Morgan fingerprint density at radius 3 is 3.09 bits per heavy atom. The summed E-state index contributed by atoms with van der Waals surface area (Å²) in [5, 5.41) is 3.21. The van der Waals surface area contributed by atoms with Crippen molar-refractivity contribution in [2.75, 3.05) is 13.2 Å². The summed E-state index contributed by atoms with van der Waals surface area (Å²) in [4.78, 5) is 4.14. The Hall–Kier alpha value is -0.730. The van der Waals surface area contributed by atoms with Crippen LogP contribution in [-0.4, -0.2) is 25.2 Å². The lowest BCUT2D eigenvalue weighted by Crippen LogP contribution is -2.32. The molecule has 1 aliphatic rings. The lowest BCUT2D eigenvalue weighted by Gasteiger charge is -2.12. The average Bonchev–Trinajstić information content (AvgIpc) is 2.40. The molecule has 0 aromatic heterocycles. The third-order valence-electron chi connectivity index (χ3n) is 1.68. The van der Waals surface area contributed by atoms with Crippen LogP contribution in [-0.2, 0) is 4.74 Å². The Morgan fingerprint density at radius 2 is 2.55 bits per heavy atom. The summed E-state index contributed by atoms with van der Waals surface area (Å²) < 4.78 is 5.21. The Morgan fingerprint density at radius 1 is 1.73 bits per heavy atom. The van der Waals surface area contributed by atoms with E-state index in [-0.39, 0.29) is 0 Å². The van der Waals surface area contributed by atoms with Crippen LogP contribution in [0.4, 0.5) is 0 Å². The van der Waals surface area contributed by atoms with E-state index in [1.54, 1.807) is 0 Å². The van der Waals surface area contributed by atoms with E-state index in [0.717, 1.165) is 19.2 Å². The fourth-order valence-electron chi connectivity index (χ4n) is 1.14. The number of ether oxygens (including phenoxy) is 1. The Kier molecular flexibility index (Phi) is 3.20. The first-order valence-electron chi connectivity index (χ1n) is 4.26. The maximum Gasteiger partial charge on any atom is 0.284 e. The summed E-state index contributed by atoms with van der Waals surface area (Å²) in [6, 6.07) is 1.21. The SMILES string of the molecule is CCCC(C)NC1=NCCO1. The van der Waals surface area contributed by atoms with Gasteiger partial charge in [-0.3, -0.25) is 0 Å². The second-order valence-corrected chi connectivity index (χ2v) is 2.87. The fraction of sp³-hybridized carbons (Fsp3) is 0.875. The highest BCUT2D eigenvalue weighted by atomic mass is 16.5. The largest absolute Gasteiger partial charge is 0.463 e. The van der Waals surface area contributed by atoms with Crippen molar-refractivity contribution >= 4 is 6.02 Å². The van der Waals surface area contributed by atoms with Gasteiger partial charge in [-0.05, 0) is 13.3 Å². The third kappa shape index (κ3) is 2.78. The average molecular weight is 156 g/mol. The Labute approximate surface area is 67.8 Å². The van der Waals surface area contributed by atoms with Crippen molar-refractivity contribution in [3.63, 3.8) is 0 Å². The zero-order chi connectivity index (χ0) is 8.10. The van der Waals surface area contributed by atoms with Gasteiger partial charge in [0.1, 0.15) is 6.61 Å². The lowest BCUT2D eigenvalue weighted by atomic mass is 10.2. The molecule has 0 amide bonds. The molecule has 0 spiro atoms. The van der Waals surface area contributed by atoms with Gasteiger partial charge in [0.15, 0.2) is 0 Å². The molecule has 3 heteroatoms. The van der Waals surface area contributed by atoms with Crippen LogP contribution in [0, 0.1) is 0 Å². The van der Waals surface area contributed by atoms with E-state index < -0.39 is 0 Å². The number of nitrogens with one attached hydrogen (secondary N) is 1. The normalized spacial score (nSPS) is 18.9. The number of amidine groups is 1. The van der Waals surface area contributed by atoms with Gasteiger partial charge in [-0.1, -0.05) is 13.3 Å². The van der Waals surface area contributed by atoms with Gasteiger partial charge in [-0.25, -0.2) is 4.99 Å². The molecule has 1 N–H and O–H groups in total. The van der Waals surface area contributed by atoms with E-state index in [2.05, 4.69) is 24.2 Å². The maximum atomic E-state index is 5.21. The van der Waals surface area contributed by atoms with Crippen molar-refractivity contribution in [3.8, 4) is 0 Å². The maximum absolute atomic E-state index is 5.21. The van der Waals surface area contributed by atoms with Crippen LogP contribution >= 0.6 is 0 Å². The van der Waals surface area contributed by atoms with Crippen molar-refractivity contribution in [3.05, 3.63) is 0 Å². The molecule has 1 heterocycles. The molecule has 0 bridgehead atoms. The van der Waals surface area contributed by atoms with Gasteiger partial charge in [0.05, 0.1) is 6.54 Å². The van der Waals surface area contributed by atoms with E-state index in [0.29, 0.717) is 6.04 Å². The number of nitrogens with zero attached hydrogens (tertiary/aromatic N) is 1. The van der Waals surface area contributed by atoms with Crippen molar-refractivity contribution in [1.29, 1.82) is 0 Å². The number of rotatable bonds is 3. The summed E-state index contributed by atoms with van der Waals surface area (Å²) in [5.74, 6) is 0. The molecule has 0 radical (unpaired) electrons. The van der Waals surface area contributed by atoms with Crippen LogP contribution in [0.1, 0.15) is 26.7 Å². The molecule has 0 aliphatic carbocycles. The quantitative estimate of drug-likeness (QED) is 0.665. The molecule has 1 atom stereocenters. The second kappa shape index (κ2) is 4.21. The summed E-state index contributed by atoms with van der Waals surface area (Å²) in [5.41, 5.74) is 0. The molecule has 3 nitrogen and oxygen atoms in total. The van der Waals surface area contributed by atoms with E-state index >= 15 is 0 Å². The lowest BCUT2D eigenvalue weighted by molar-refractivity contribution is 0.324. The predicted octanol–water partition coefficient (Wildman–Crippen LogP) is 1.15. The monoisotopic (exact) mass is 156 g/mol. The van der Waals surface area contributed by atoms with Gasteiger partial charge in [-0.2, -0.15) is 0 Å². The molecule has 0 saturated heterocycles. The van der Waals surface area contributed by atoms with Gasteiger partial charge in [0.2, 0.25) is 0 Å². The molecule has 1 rings (SSSR count). The standard InChI is InChI=1S/C8H16N2O/c1-3-4-7(2)10-8-9-5-6-11-8/h7H,3-6H2,1-2H3,(H,9,10). The molecule has 0 aromatic carbocycles. The van der Waals surface area contributed by atoms with E-state index in [4.69, 9.17) is 4.74 Å².